The summed E-state index contributed by atoms with van der Waals surface area (Å²) in [4.78, 5) is 23.5. The van der Waals surface area contributed by atoms with E-state index in [-0.39, 0.29) is 16.8 Å². The van der Waals surface area contributed by atoms with Gasteiger partial charge in [-0.15, -0.1) is 0 Å². The first-order chi connectivity index (χ1) is 14.2. The van der Waals surface area contributed by atoms with Crippen molar-refractivity contribution in [3.63, 3.8) is 0 Å². The normalized spacial score (nSPS) is 48.7. The fraction of sp³-hybridized carbons (Fsp3) is 0.846. The summed E-state index contributed by atoms with van der Waals surface area (Å²) in [5.74, 6) is 3.24. The largest absolute Gasteiger partial charge is 0.466 e. The highest BCUT2D eigenvalue weighted by Gasteiger charge is 2.75. The van der Waals surface area contributed by atoms with Gasteiger partial charge in [-0.05, 0) is 97.9 Å². The Morgan fingerprint density at radius 2 is 1.97 bits per heavy atom. The molecule has 0 saturated heterocycles. The molecule has 30 heavy (non-hydrogen) atoms. The van der Waals surface area contributed by atoms with Crippen LogP contribution in [0.4, 0.5) is 0 Å². The van der Waals surface area contributed by atoms with Crippen LogP contribution in [0.2, 0.25) is 0 Å². The van der Waals surface area contributed by atoms with Gasteiger partial charge in [-0.2, -0.15) is 0 Å². The van der Waals surface area contributed by atoms with Crippen LogP contribution < -0.4 is 0 Å². The Kier molecular flexibility index (Phi) is 4.78. The summed E-state index contributed by atoms with van der Waals surface area (Å²) in [6.07, 6.45) is 11.3. The highest BCUT2D eigenvalue weighted by atomic mass is 16.5. The van der Waals surface area contributed by atoms with E-state index in [1.54, 1.807) is 0 Å². The molecule has 0 aromatic rings. The van der Waals surface area contributed by atoms with Crippen LogP contribution in [0, 0.1) is 40.4 Å². The second kappa shape index (κ2) is 6.92. The van der Waals surface area contributed by atoms with Crippen molar-refractivity contribution >= 4 is 11.8 Å². The molecule has 1 N–H and O–H groups in total. The molecule has 0 aromatic heterocycles. The van der Waals surface area contributed by atoms with Crippen molar-refractivity contribution in [2.75, 3.05) is 6.61 Å². The summed E-state index contributed by atoms with van der Waals surface area (Å²) in [5, 5.41) is 12.0. The molecule has 5 aliphatic carbocycles. The van der Waals surface area contributed by atoms with Crippen molar-refractivity contribution in [2.45, 2.75) is 90.6 Å². The maximum absolute atomic E-state index is 12.0. The van der Waals surface area contributed by atoms with E-state index in [1.807, 2.05) is 13.0 Å². The number of ketones is 1. The third-order valence-electron chi connectivity index (χ3n) is 10.4. The third-order valence-corrected chi connectivity index (χ3v) is 10.4. The molecule has 166 valence electrons. The van der Waals surface area contributed by atoms with Gasteiger partial charge < -0.3 is 9.84 Å². The van der Waals surface area contributed by atoms with Crippen LogP contribution in [0.5, 0.6) is 0 Å². The zero-order valence-corrected chi connectivity index (χ0v) is 18.9. The number of carbonyl (C=O) groups excluding carboxylic acids is 2. The molecule has 8 atom stereocenters. The fourth-order valence-electron chi connectivity index (χ4n) is 8.79. The number of hydrogen-bond acceptors (Lipinski definition) is 4. The monoisotopic (exact) mass is 414 g/mol. The zero-order valence-electron chi connectivity index (χ0n) is 18.9. The van der Waals surface area contributed by atoms with E-state index in [2.05, 4.69) is 13.8 Å². The summed E-state index contributed by atoms with van der Waals surface area (Å²) in [6, 6.07) is 0. The molecule has 0 spiro atoms. The van der Waals surface area contributed by atoms with E-state index in [0.29, 0.717) is 54.8 Å². The molecule has 0 aliphatic heterocycles. The Morgan fingerprint density at radius 1 is 1.17 bits per heavy atom. The average molecular weight is 415 g/mol. The Hall–Kier alpha value is -1.16. The number of ether oxygens (including phenoxy) is 1. The Bertz CT molecular complexity index is 786. The number of fused-ring (bicyclic) bond motifs is 7. The molecule has 4 nitrogen and oxygen atoms in total. The number of esters is 1. The molecule has 4 fully saturated rings. The number of rotatable bonds is 5. The minimum Gasteiger partial charge on any atom is -0.466 e. The van der Waals surface area contributed by atoms with Crippen LogP contribution in [0.1, 0.15) is 85.0 Å². The fourth-order valence-corrected chi connectivity index (χ4v) is 8.79. The summed E-state index contributed by atoms with van der Waals surface area (Å²) < 4.78 is 5.30. The first-order valence-electron chi connectivity index (χ1n) is 12.4. The molecule has 0 unspecified atom stereocenters. The maximum Gasteiger partial charge on any atom is 0.305 e. The lowest BCUT2D eigenvalue weighted by molar-refractivity contribution is -0.155. The molecule has 0 radical (unpaired) electrons. The van der Waals surface area contributed by atoms with Crippen LogP contribution in [0.25, 0.3) is 0 Å². The minimum absolute atomic E-state index is 0.0153. The third kappa shape index (κ3) is 2.74. The number of aliphatic hydroxyl groups is 1. The van der Waals surface area contributed by atoms with Crippen LogP contribution in [0.3, 0.4) is 0 Å². The van der Waals surface area contributed by atoms with Crippen molar-refractivity contribution in [1.82, 2.24) is 0 Å². The van der Waals surface area contributed by atoms with E-state index in [9.17, 15) is 14.7 Å². The van der Waals surface area contributed by atoms with Gasteiger partial charge in [0.2, 0.25) is 0 Å². The van der Waals surface area contributed by atoms with Gasteiger partial charge >= 0.3 is 5.97 Å². The Morgan fingerprint density at radius 3 is 2.73 bits per heavy atom. The molecule has 4 heteroatoms. The quantitative estimate of drug-likeness (QED) is 0.516. The van der Waals surface area contributed by atoms with E-state index in [1.165, 1.54) is 24.8 Å². The Labute approximate surface area is 180 Å². The van der Waals surface area contributed by atoms with Gasteiger partial charge in [0.1, 0.15) is 0 Å². The lowest BCUT2D eigenvalue weighted by Crippen LogP contribution is -2.56. The predicted octanol–water partition coefficient (Wildman–Crippen LogP) is 4.84. The van der Waals surface area contributed by atoms with Crippen molar-refractivity contribution in [3.8, 4) is 0 Å². The molecule has 4 saturated carbocycles. The first kappa shape index (κ1) is 20.7. The van der Waals surface area contributed by atoms with E-state index < -0.39 is 5.60 Å². The summed E-state index contributed by atoms with van der Waals surface area (Å²) in [6.45, 7) is 7.05. The predicted molar refractivity (Wildman–Crippen MR) is 115 cm³/mol. The van der Waals surface area contributed by atoms with Gasteiger partial charge in [-0.25, -0.2) is 0 Å². The highest BCUT2D eigenvalue weighted by Crippen LogP contribution is 2.77. The van der Waals surface area contributed by atoms with Gasteiger partial charge in [0.05, 0.1) is 12.2 Å². The van der Waals surface area contributed by atoms with E-state index >= 15 is 0 Å². The minimum atomic E-state index is -0.606. The van der Waals surface area contributed by atoms with E-state index in [0.717, 1.165) is 32.1 Å². The highest BCUT2D eigenvalue weighted by molar-refractivity contribution is 5.91. The smallest absolute Gasteiger partial charge is 0.305 e. The Balaban J connectivity index is 1.35. The van der Waals surface area contributed by atoms with Crippen LogP contribution in [-0.2, 0) is 14.3 Å². The molecular formula is C26H38O4. The number of carbonyl (C=O) groups is 2. The van der Waals surface area contributed by atoms with Gasteiger partial charge in [0, 0.05) is 12.8 Å². The maximum atomic E-state index is 12.0. The molecule has 0 amide bonds. The second-order valence-electron chi connectivity index (χ2n) is 11.5. The molecule has 0 bridgehead atoms. The average Bonchev–Trinajstić information content (AvgIpc) is 3.48. The first-order valence-corrected chi connectivity index (χ1v) is 12.4. The van der Waals surface area contributed by atoms with Crippen LogP contribution in [0.15, 0.2) is 11.6 Å². The van der Waals surface area contributed by atoms with Crippen molar-refractivity contribution < 1.29 is 19.4 Å². The number of allylic oxidation sites excluding steroid dienone is 1. The molecular weight excluding hydrogens is 376 g/mol. The lowest BCUT2D eigenvalue weighted by Gasteiger charge is -2.60. The molecule has 0 aromatic carbocycles. The summed E-state index contributed by atoms with van der Waals surface area (Å²) >= 11 is 0. The van der Waals surface area contributed by atoms with Gasteiger partial charge in [0.25, 0.3) is 0 Å². The van der Waals surface area contributed by atoms with Gasteiger partial charge in [0.15, 0.2) is 5.78 Å². The zero-order chi connectivity index (χ0) is 21.3. The van der Waals surface area contributed by atoms with Crippen molar-refractivity contribution in [1.29, 1.82) is 0 Å². The lowest BCUT2D eigenvalue weighted by atomic mass is 9.45. The standard InChI is InChI=1S/C26H38O4/c1-4-22(28)30-13-5-10-26(29)21-15-19(21)23-18-7-6-16-14-17(27)8-11-24(16,2)20(18)9-12-25(23,26)3/h14,18-21,23,29H,4-13,15H2,1-3H3/t18-,19-,20+,21+,23-,24+,25+,26+/m1/s1. The van der Waals surface area contributed by atoms with Gasteiger partial charge in [-0.3, -0.25) is 9.59 Å². The second-order valence-corrected chi connectivity index (χ2v) is 11.5. The molecule has 5 aliphatic rings. The van der Waals surface area contributed by atoms with Crippen molar-refractivity contribution in [3.05, 3.63) is 11.6 Å². The number of hydrogen-bond donors (Lipinski definition) is 1. The topological polar surface area (TPSA) is 63.6 Å². The van der Waals surface area contributed by atoms with Gasteiger partial charge in [-0.1, -0.05) is 26.3 Å². The van der Waals surface area contributed by atoms with Crippen molar-refractivity contribution in [2.24, 2.45) is 40.4 Å². The SMILES string of the molecule is CCC(=O)OCCC[C@]1(O)[C@H]2C[C@H]2[C@H]2[C@@H]3CCC4=CC(=O)CC[C@]4(C)[C@H]3CC[C@@]21C. The molecule has 0 heterocycles. The van der Waals surface area contributed by atoms with Crippen LogP contribution in [-0.4, -0.2) is 29.1 Å². The van der Waals surface area contributed by atoms with Crippen LogP contribution >= 0.6 is 0 Å². The van der Waals surface area contributed by atoms with E-state index in [4.69, 9.17) is 4.74 Å². The summed E-state index contributed by atoms with van der Waals surface area (Å²) in [5.41, 5.74) is 0.990. The summed E-state index contributed by atoms with van der Waals surface area (Å²) in [7, 11) is 0. The molecule has 5 rings (SSSR count).